The lowest BCUT2D eigenvalue weighted by Crippen LogP contribution is -2.26. The van der Waals surface area contributed by atoms with Crippen LogP contribution in [0.5, 0.6) is 0 Å². The van der Waals surface area contributed by atoms with E-state index in [4.69, 9.17) is 4.98 Å². The summed E-state index contributed by atoms with van der Waals surface area (Å²) in [6, 6.07) is 10.6. The molecule has 0 radical (unpaired) electrons. The smallest absolute Gasteiger partial charge is 0.227 e. The first kappa shape index (κ1) is 16.2. The number of nitrogens with zero attached hydrogens (tertiary/aromatic N) is 4. The Balaban J connectivity index is 1.44. The van der Waals surface area contributed by atoms with E-state index in [1.807, 2.05) is 12.3 Å². The van der Waals surface area contributed by atoms with Crippen molar-refractivity contribution in [3.63, 3.8) is 0 Å². The summed E-state index contributed by atoms with van der Waals surface area (Å²) in [6.45, 7) is 4.48. The average Bonchev–Trinajstić information content (AvgIpc) is 3.05. The molecule has 3 heterocycles. The van der Waals surface area contributed by atoms with E-state index < -0.39 is 0 Å². The highest BCUT2D eigenvalue weighted by Gasteiger charge is 2.14. The first-order valence-corrected chi connectivity index (χ1v) is 9.58. The maximum Gasteiger partial charge on any atom is 0.227 e. The van der Waals surface area contributed by atoms with Gasteiger partial charge in [0.05, 0.1) is 0 Å². The van der Waals surface area contributed by atoms with Gasteiger partial charge in [0.15, 0.2) is 0 Å². The van der Waals surface area contributed by atoms with Crippen molar-refractivity contribution in [1.29, 1.82) is 0 Å². The summed E-state index contributed by atoms with van der Waals surface area (Å²) in [7, 11) is 0. The Morgan fingerprint density at radius 2 is 1.36 bits per heavy atom. The van der Waals surface area contributed by atoms with Crippen LogP contribution < -0.4 is 15.1 Å². The quantitative estimate of drug-likeness (QED) is 0.906. The van der Waals surface area contributed by atoms with Crippen molar-refractivity contribution < 1.29 is 0 Å². The number of hydrogen-bond donors (Lipinski definition) is 1. The molecule has 1 aromatic carbocycles. The Morgan fingerprint density at radius 3 is 2.08 bits per heavy atom. The zero-order valence-corrected chi connectivity index (χ0v) is 14.8. The van der Waals surface area contributed by atoms with Crippen LogP contribution in [0.25, 0.3) is 0 Å². The number of nitrogens with one attached hydrogen (secondary N) is 1. The van der Waals surface area contributed by atoms with Crippen molar-refractivity contribution in [2.24, 2.45) is 0 Å². The highest BCUT2D eigenvalue weighted by molar-refractivity contribution is 5.61. The molecule has 132 valence electrons. The Hall–Kier alpha value is -2.30. The minimum atomic E-state index is 0.848. The second-order valence-corrected chi connectivity index (χ2v) is 7.01. The first-order chi connectivity index (χ1) is 12.4. The lowest BCUT2D eigenvalue weighted by atomic mass is 10.2. The maximum atomic E-state index is 4.73. The van der Waals surface area contributed by atoms with Crippen molar-refractivity contribution in [3.05, 3.63) is 36.5 Å². The van der Waals surface area contributed by atoms with E-state index in [0.29, 0.717) is 0 Å². The minimum absolute atomic E-state index is 0.848. The van der Waals surface area contributed by atoms with Crippen molar-refractivity contribution >= 4 is 23.1 Å². The van der Waals surface area contributed by atoms with E-state index >= 15 is 0 Å². The number of rotatable bonds is 4. The van der Waals surface area contributed by atoms with Crippen LogP contribution >= 0.6 is 0 Å². The summed E-state index contributed by atoms with van der Waals surface area (Å²) < 4.78 is 0. The van der Waals surface area contributed by atoms with E-state index in [0.717, 1.165) is 30.5 Å². The normalized spacial score (nSPS) is 18.2. The number of hydrogen-bond acceptors (Lipinski definition) is 5. The first-order valence-electron chi connectivity index (χ1n) is 9.58. The van der Waals surface area contributed by atoms with Gasteiger partial charge in [0.25, 0.3) is 0 Å². The van der Waals surface area contributed by atoms with Crippen LogP contribution in [-0.4, -0.2) is 36.1 Å². The van der Waals surface area contributed by atoms with Crippen LogP contribution in [0.4, 0.5) is 23.1 Å². The molecule has 5 heteroatoms. The molecule has 1 N–H and O–H groups in total. The molecule has 0 unspecified atom stereocenters. The van der Waals surface area contributed by atoms with Crippen LogP contribution in [0.2, 0.25) is 0 Å². The van der Waals surface area contributed by atoms with Gasteiger partial charge in [-0.2, -0.15) is 4.98 Å². The zero-order valence-electron chi connectivity index (χ0n) is 14.8. The van der Waals surface area contributed by atoms with E-state index in [1.165, 1.54) is 57.3 Å². The molecule has 5 nitrogen and oxygen atoms in total. The van der Waals surface area contributed by atoms with Crippen molar-refractivity contribution in [1.82, 2.24) is 9.97 Å². The fraction of sp³-hybridized carbons (Fsp3) is 0.500. The predicted molar refractivity (Wildman–Crippen MR) is 104 cm³/mol. The molecule has 2 fully saturated rings. The van der Waals surface area contributed by atoms with Crippen LogP contribution in [0, 0.1) is 0 Å². The molecular formula is C20H27N5. The van der Waals surface area contributed by atoms with Gasteiger partial charge >= 0.3 is 0 Å². The fourth-order valence-corrected chi connectivity index (χ4v) is 3.72. The van der Waals surface area contributed by atoms with E-state index in [2.05, 4.69) is 44.4 Å². The lowest BCUT2D eigenvalue weighted by molar-refractivity contribution is 0.726. The molecule has 0 atom stereocenters. The third kappa shape index (κ3) is 4.03. The molecule has 0 amide bonds. The molecule has 2 aliphatic rings. The second kappa shape index (κ2) is 7.72. The number of anilines is 4. The monoisotopic (exact) mass is 337 g/mol. The third-order valence-corrected chi connectivity index (χ3v) is 5.14. The molecule has 0 aliphatic carbocycles. The maximum absolute atomic E-state index is 4.73. The van der Waals surface area contributed by atoms with Gasteiger partial charge in [0, 0.05) is 43.8 Å². The van der Waals surface area contributed by atoms with Gasteiger partial charge in [-0.1, -0.05) is 12.8 Å². The number of benzene rings is 1. The van der Waals surface area contributed by atoms with Crippen molar-refractivity contribution in [2.75, 3.05) is 41.3 Å². The highest BCUT2D eigenvalue weighted by Crippen LogP contribution is 2.24. The standard InChI is InChI=1S/C20H27N5/c1-2-4-16-25(15-3-1)20-21-12-11-19(23-20)22-17-7-9-18(10-8-17)24-13-5-6-14-24/h7-12H,1-6,13-16H2,(H,21,22,23). The topological polar surface area (TPSA) is 44.3 Å². The van der Waals surface area contributed by atoms with Crippen LogP contribution in [0.3, 0.4) is 0 Å². The van der Waals surface area contributed by atoms with Gasteiger partial charge in [0.1, 0.15) is 5.82 Å². The Morgan fingerprint density at radius 1 is 0.720 bits per heavy atom. The van der Waals surface area contributed by atoms with Gasteiger partial charge in [-0.15, -0.1) is 0 Å². The van der Waals surface area contributed by atoms with Gasteiger partial charge in [-0.25, -0.2) is 4.98 Å². The molecular weight excluding hydrogens is 310 g/mol. The van der Waals surface area contributed by atoms with E-state index in [-0.39, 0.29) is 0 Å². The molecule has 25 heavy (non-hydrogen) atoms. The Bertz CT molecular complexity index is 671. The van der Waals surface area contributed by atoms with Crippen LogP contribution in [0.1, 0.15) is 38.5 Å². The second-order valence-electron chi connectivity index (χ2n) is 7.01. The van der Waals surface area contributed by atoms with E-state index in [1.54, 1.807) is 0 Å². The molecule has 0 saturated carbocycles. The molecule has 2 aromatic rings. The van der Waals surface area contributed by atoms with Crippen molar-refractivity contribution in [3.8, 4) is 0 Å². The summed E-state index contributed by atoms with van der Waals surface area (Å²) in [5, 5.41) is 3.42. The van der Waals surface area contributed by atoms with E-state index in [9.17, 15) is 0 Å². The largest absolute Gasteiger partial charge is 0.372 e. The fourth-order valence-electron chi connectivity index (χ4n) is 3.72. The van der Waals surface area contributed by atoms with Crippen LogP contribution in [-0.2, 0) is 0 Å². The van der Waals surface area contributed by atoms with Crippen molar-refractivity contribution in [2.45, 2.75) is 38.5 Å². The average molecular weight is 337 g/mol. The Kier molecular flexibility index (Phi) is 5.00. The summed E-state index contributed by atoms with van der Waals surface area (Å²) in [4.78, 5) is 14.0. The highest BCUT2D eigenvalue weighted by atomic mass is 15.3. The Labute approximate surface area is 150 Å². The molecule has 0 spiro atoms. The summed E-state index contributed by atoms with van der Waals surface area (Å²) in [5.41, 5.74) is 2.39. The molecule has 1 aromatic heterocycles. The van der Waals surface area contributed by atoms with Gasteiger partial charge in [-0.3, -0.25) is 0 Å². The van der Waals surface area contributed by atoms with Crippen LogP contribution in [0.15, 0.2) is 36.5 Å². The third-order valence-electron chi connectivity index (χ3n) is 5.14. The summed E-state index contributed by atoms with van der Waals surface area (Å²) >= 11 is 0. The molecule has 4 rings (SSSR count). The molecule has 2 saturated heterocycles. The molecule has 0 bridgehead atoms. The van der Waals surface area contributed by atoms with Gasteiger partial charge < -0.3 is 15.1 Å². The lowest BCUT2D eigenvalue weighted by Gasteiger charge is -2.20. The molecule has 2 aliphatic heterocycles. The number of aromatic nitrogens is 2. The summed E-state index contributed by atoms with van der Waals surface area (Å²) in [5.74, 6) is 1.71. The SMILES string of the molecule is c1cc(Nc2ccc(N3CCCC3)cc2)nc(N2CCCCCC2)n1. The van der Waals surface area contributed by atoms with Gasteiger partial charge in [-0.05, 0) is 56.0 Å². The van der Waals surface area contributed by atoms with Gasteiger partial charge in [0.2, 0.25) is 5.95 Å². The minimum Gasteiger partial charge on any atom is -0.372 e. The summed E-state index contributed by atoms with van der Waals surface area (Å²) in [6.07, 6.45) is 9.57. The predicted octanol–water partition coefficient (Wildman–Crippen LogP) is 4.20. The zero-order chi connectivity index (χ0) is 16.9.